The van der Waals surface area contributed by atoms with Crippen LogP contribution in [0.25, 0.3) is 22.3 Å². The minimum Gasteiger partial charge on any atom is -0.378 e. The van der Waals surface area contributed by atoms with Gasteiger partial charge in [0.25, 0.3) is 5.91 Å². The number of ether oxygens (including phenoxy) is 1. The number of Topliss-reactive ketones (excluding diaryl/α,β-unsaturated/α-hetero) is 1. The first kappa shape index (κ1) is 24.7. The summed E-state index contributed by atoms with van der Waals surface area (Å²) >= 11 is 1.66. The number of anilines is 1. The van der Waals surface area contributed by atoms with E-state index >= 15 is 0 Å². The molecule has 2 aromatic carbocycles. The van der Waals surface area contributed by atoms with Gasteiger partial charge in [0.2, 0.25) is 0 Å². The zero-order valence-corrected chi connectivity index (χ0v) is 22.6. The van der Waals surface area contributed by atoms with E-state index in [0.29, 0.717) is 25.2 Å². The first-order valence-electron chi connectivity index (χ1n) is 12.6. The molecular formula is C30H34N2O3S. The van der Waals surface area contributed by atoms with E-state index in [0.717, 1.165) is 46.6 Å². The van der Waals surface area contributed by atoms with E-state index < -0.39 is 0 Å². The maximum atomic E-state index is 13.2. The van der Waals surface area contributed by atoms with Gasteiger partial charge in [-0.25, -0.2) is 0 Å². The van der Waals surface area contributed by atoms with Gasteiger partial charge in [-0.15, -0.1) is 11.3 Å². The summed E-state index contributed by atoms with van der Waals surface area (Å²) in [5, 5.41) is 1.18. The van der Waals surface area contributed by atoms with Crippen molar-refractivity contribution in [2.75, 3.05) is 45.3 Å². The number of benzene rings is 2. The molecule has 0 unspecified atom stereocenters. The molecule has 36 heavy (non-hydrogen) atoms. The van der Waals surface area contributed by atoms with Crippen molar-refractivity contribution in [2.45, 2.75) is 33.6 Å². The molecule has 2 aliphatic rings. The molecule has 5 nitrogen and oxygen atoms in total. The van der Waals surface area contributed by atoms with Crippen molar-refractivity contribution < 1.29 is 14.3 Å². The number of fused-ring (bicyclic) bond motifs is 1. The van der Waals surface area contributed by atoms with Gasteiger partial charge < -0.3 is 14.5 Å². The second-order valence-electron chi connectivity index (χ2n) is 11.0. The van der Waals surface area contributed by atoms with E-state index in [2.05, 4.69) is 49.9 Å². The highest BCUT2D eigenvalue weighted by Crippen LogP contribution is 2.50. The topological polar surface area (TPSA) is 49.9 Å². The van der Waals surface area contributed by atoms with E-state index in [1.807, 2.05) is 18.2 Å². The zero-order valence-electron chi connectivity index (χ0n) is 21.8. The van der Waals surface area contributed by atoms with Gasteiger partial charge in [0.15, 0.2) is 5.78 Å². The fourth-order valence-corrected chi connectivity index (χ4v) is 6.70. The molecule has 1 fully saturated rings. The summed E-state index contributed by atoms with van der Waals surface area (Å²) < 4.78 is 5.63. The lowest BCUT2D eigenvalue weighted by Crippen LogP contribution is -2.36. The number of amides is 1. The molecule has 188 valence electrons. The lowest BCUT2D eigenvalue weighted by molar-refractivity contribution is 0.0827. The Hall–Kier alpha value is -2.96. The number of hydrogen-bond acceptors (Lipinski definition) is 5. The van der Waals surface area contributed by atoms with Gasteiger partial charge in [-0.05, 0) is 64.8 Å². The van der Waals surface area contributed by atoms with Crippen molar-refractivity contribution in [3.05, 3.63) is 64.0 Å². The summed E-state index contributed by atoms with van der Waals surface area (Å²) in [5.74, 6) is 0.252. The average molecular weight is 503 g/mol. The van der Waals surface area contributed by atoms with Crippen molar-refractivity contribution in [2.24, 2.45) is 5.41 Å². The van der Waals surface area contributed by atoms with Gasteiger partial charge in [0.1, 0.15) is 0 Å². The molecule has 5 rings (SSSR count). The molecule has 1 amide bonds. The summed E-state index contributed by atoms with van der Waals surface area (Å²) in [4.78, 5) is 30.7. The number of morpholine rings is 1. The predicted octanol–water partition coefficient (Wildman–Crippen LogP) is 6.08. The van der Waals surface area contributed by atoms with Crippen LogP contribution in [0.15, 0.2) is 42.5 Å². The Kier molecular flexibility index (Phi) is 6.52. The van der Waals surface area contributed by atoms with Gasteiger partial charge in [0.05, 0.1) is 23.1 Å². The van der Waals surface area contributed by atoms with Crippen LogP contribution in [-0.2, 0) is 11.2 Å². The van der Waals surface area contributed by atoms with E-state index in [9.17, 15) is 9.59 Å². The molecule has 0 atom stereocenters. The highest BCUT2D eigenvalue weighted by atomic mass is 32.1. The normalized spacial score (nSPS) is 17.1. The standard InChI is InChI=1S/C30H34N2O3S/c1-19-13-22(20-7-6-8-21(15-20)28(34)31(4)5)16-23(14-19)26-24-17-30(2,3)18-25(33)27(24)36-29(26)32-9-11-35-12-10-32/h6-8,13-16H,9-12,17-18H2,1-5H3. The zero-order chi connectivity index (χ0) is 25.6. The Morgan fingerprint density at radius 2 is 1.72 bits per heavy atom. The van der Waals surface area contributed by atoms with Crippen molar-refractivity contribution in [1.82, 2.24) is 4.90 Å². The fraction of sp³-hybridized carbons (Fsp3) is 0.400. The van der Waals surface area contributed by atoms with Crippen LogP contribution >= 0.6 is 11.3 Å². The number of carbonyl (C=O) groups is 2. The van der Waals surface area contributed by atoms with E-state index in [4.69, 9.17) is 4.74 Å². The second-order valence-corrected chi connectivity index (χ2v) is 12.0. The fourth-order valence-electron chi connectivity index (χ4n) is 5.37. The maximum Gasteiger partial charge on any atom is 0.253 e. The molecule has 1 saturated heterocycles. The van der Waals surface area contributed by atoms with Gasteiger partial charge >= 0.3 is 0 Å². The Balaban J connectivity index is 1.67. The number of aryl methyl sites for hydroxylation is 1. The largest absolute Gasteiger partial charge is 0.378 e. The molecule has 0 bridgehead atoms. The molecule has 0 radical (unpaired) electrons. The second kappa shape index (κ2) is 9.49. The third-order valence-corrected chi connectivity index (χ3v) is 8.38. The van der Waals surface area contributed by atoms with Crippen molar-refractivity contribution in [3.63, 3.8) is 0 Å². The first-order valence-corrected chi connectivity index (χ1v) is 13.4. The minimum absolute atomic E-state index is 0.00743. The van der Waals surface area contributed by atoms with Gasteiger partial charge in [-0.1, -0.05) is 38.1 Å². The van der Waals surface area contributed by atoms with Crippen LogP contribution in [0.5, 0.6) is 0 Å². The number of nitrogens with zero attached hydrogens (tertiary/aromatic N) is 2. The minimum atomic E-state index is -0.0598. The Morgan fingerprint density at radius 3 is 2.44 bits per heavy atom. The van der Waals surface area contributed by atoms with Crippen LogP contribution < -0.4 is 4.90 Å². The van der Waals surface area contributed by atoms with Crippen LogP contribution in [0.1, 0.15) is 51.4 Å². The van der Waals surface area contributed by atoms with Crippen molar-refractivity contribution >= 4 is 28.0 Å². The number of hydrogen-bond donors (Lipinski definition) is 0. The Labute approximate surface area is 217 Å². The number of thiophene rings is 1. The smallest absolute Gasteiger partial charge is 0.253 e. The molecule has 6 heteroatoms. The molecular weight excluding hydrogens is 468 g/mol. The van der Waals surface area contributed by atoms with E-state index in [-0.39, 0.29) is 17.1 Å². The number of carbonyl (C=O) groups excluding carboxylic acids is 2. The molecule has 1 aliphatic heterocycles. The van der Waals surface area contributed by atoms with Crippen LogP contribution in [-0.4, -0.2) is 57.0 Å². The average Bonchev–Trinajstić information content (AvgIpc) is 3.22. The molecule has 0 saturated carbocycles. The SMILES string of the molecule is Cc1cc(-c2cccc(C(=O)N(C)C)c2)cc(-c2c(N3CCOCC3)sc3c2CC(C)(C)CC3=O)c1. The lowest BCUT2D eigenvalue weighted by atomic mass is 9.74. The van der Waals surface area contributed by atoms with Crippen LogP contribution in [0, 0.1) is 12.3 Å². The van der Waals surface area contributed by atoms with Crippen molar-refractivity contribution in [1.29, 1.82) is 0 Å². The summed E-state index contributed by atoms with van der Waals surface area (Å²) in [6.45, 7) is 9.57. The monoisotopic (exact) mass is 502 g/mol. The molecule has 3 aromatic rings. The Morgan fingerprint density at radius 1 is 1.00 bits per heavy atom. The highest BCUT2D eigenvalue weighted by molar-refractivity contribution is 7.19. The first-order chi connectivity index (χ1) is 17.1. The van der Waals surface area contributed by atoms with Gasteiger partial charge in [-0.3, -0.25) is 9.59 Å². The third-order valence-electron chi connectivity index (χ3n) is 7.05. The Bertz CT molecular complexity index is 1330. The molecule has 1 aliphatic carbocycles. The predicted molar refractivity (Wildman–Crippen MR) is 147 cm³/mol. The number of ketones is 1. The lowest BCUT2D eigenvalue weighted by Gasteiger charge is -2.30. The molecule has 2 heterocycles. The van der Waals surface area contributed by atoms with Crippen LogP contribution in [0.3, 0.4) is 0 Å². The molecule has 0 N–H and O–H groups in total. The van der Waals surface area contributed by atoms with Gasteiger partial charge in [-0.2, -0.15) is 0 Å². The van der Waals surface area contributed by atoms with Crippen molar-refractivity contribution in [3.8, 4) is 22.3 Å². The van der Waals surface area contributed by atoms with E-state index in [1.54, 1.807) is 30.3 Å². The summed E-state index contributed by atoms with van der Waals surface area (Å²) in [6, 6.07) is 14.5. The quantitative estimate of drug-likeness (QED) is 0.434. The molecule has 0 spiro atoms. The van der Waals surface area contributed by atoms with Crippen LogP contribution in [0.4, 0.5) is 5.00 Å². The highest BCUT2D eigenvalue weighted by Gasteiger charge is 2.37. The maximum absolute atomic E-state index is 13.2. The third kappa shape index (κ3) is 4.72. The summed E-state index contributed by atoms with van der Waals surface area (Å²) in [6.07, 6.45) is 1.48. The van der Waals surface area contributed by atoms with Gasteiger partial charge in [0, 0.05) is 44.7 Å². The van der Waals surface area contributed by atoms with E-state index in [1.165, 1.54) is 16.1 Å². The van der Waals surface area contributed by atoms with Crippen LogP contribution in [0.2, 0.25) is 0 Å². The molecule has 1 aromatic heterocycles. The summed E-state index contributed by atoms with van der Waals surface area (Å²) in [5.41, 5.74) is 7.39. The number of rotatable bonds is 4. The summed E-state index contributed by atoms with van der Waals surface area (Å²) in [7, 11) is 3.55.